The summed E-state index contributed by atoms with van der Waals surface area (Å²) < 4.78 is 26.7. The van der Waals surface area contributed by atoms with E-state index < -0.39 is 16.1 Å². The highest BCUT2D eigenvalue weighted by atomic mass is 32.2. The van der Waals surface area contributed by atoms with Crippen LogP contribution in [0.4, 0.5) is 0 Å². The maximum Gasteiger partial charge on any atom is 0.215 e. The summed E-state index contributed by atoms with van der Waals surface area (Å²) in [6, 6.07) is 9.20. The molecular weight excluding hydrogens is 288 g/mol. The van der Waals surface area contributed by atoms with E-state index in [0.29, 0.717) is 17.5 Å². The van der Waals surface area contributed by atoms with Crippen LogP contribution in [-0.2, 0) is 15.8 Å². The van der Waals surface area contributed by atoms with Crippen LogP contribution in [0.25, 0.3) is 10.9 Å². The molecule has 5 nitrogen and oxygen atoms in total. The first kappa shape index (κ1) is 15.9. The molecular formula is C15H20N2O3S. The van der Waals surface area contributed by atoms with Crippen molar-refractivity contribution < 1.29 is 13.5 Å². The zero-order valence-corrected chi connectivity index (χ0v) is 12.8. The van der Waals surface area contributed by atoms with E-state index in [4.69, 9.17) is 0 Å². The zero-order chi connectivity index (χ0) is 15.3. The number of hydrogen-bond acceptors (Lipinski definition) is 4. The monoisotopic (exact) mass is 308 g/mol. The maximum absolute atomic E-state index is 12.1. The number of sulfonamides is 1. The summed E-state index contributed by atoms with van der Waals surface area (Å²) >= 11 is 0. The Bertz CT molecular complexity index is 696. The summed E-state index contributed by atoms with van der Waals surface area (Å²) in [7, 11) is -3.49. The number of fused-ring (bicyclic) bond motifs is 1. The predicted molar refractivity (Wildman–Crippen MR) is 83.3 cm³/mol. The molecule has 0 saturated heterocycles. The smallest absolute Gasteiger partial charge is 0.215 e. The Morgan fingerprint density at radius 3 is 2.81 bits per heavy atom. The number of nitrogens with one attached hydrogen (secondary N) is 1. The second-order valence-corrected chi connectivity index (χ2v) is 6.85. The van der Waals surface area contributed by atoms with Gasteiger partial charge in [0, 0.05) is 18.1 Å². The minimum absolute atomic E-state index is 0.0500. The van der Waals surface area contributed by atoms with Gasteiger partial charge in [-0.05, 0) is 18.1 Å². The number of aliphatic hydroxyl groups is 1. The van der Waals surface area contributed by atoms with Gasteiger partial charge < -0.3 is 5.11 Å². The van der Waals surface area contributed by atoms with Crippen LogP contribution in [0.1, 0.15) is 25.3 Å². The molecule has 0 aliphatic carbocycles. The number of nitrogens with zero attached hydrogens (tertiary/aromatic N) is 1. The minimum atomic E-state index is -3.49. The van der Waals surface area contributed by atoms with Crippen LogP contribution in [0.2, 0.25) is 0 Å². The van der Waals surface area contributed by atoms with Crippen molar-refractivity contribution in [2.45, 2.75) is 31.6 Å². The van der Waals surface area contributed by atoms with Gasteiger partial charge in [0.25, 0.3) is 0 Å². The lowest BCUT2D eigenvalue weighted by atomic mass is 10.1. The minimum Gasteiger partial charge on any atom is -0.392 e. The van der Waals surface area contributed by atoms with E-state index in [1.54, 1.807) is 12.3 Å². The molecule has 2 rings (SSSR count). The van der Waals surface area contributed by atoms with Crippen LogP contribution >= 0.6 is 0 Å². The lowest BCUT2D eigenvalue weighted by molar-refractivity contribution is 0.167. The Morgan fingerprint density at radius 2 is 2.05 bits per heavy atom. The topological polar surface area (TPSA) is 79.3 Å². The van der Waals surface area contributed by atoms with Crippen molar-refractivity contribution in [1.82, 2.24) is 9.71 Å². The molecule has 1 atom stereocenters. The van der Waals surface area contributed by atoms with Crippen LogP contribution in [0, 0.1) is 0 Å². The fraction of sp³-hybridized carbons (Fsp3) is 0.400. The van der Waals surface area contributed by atoms with E-state index in [2.05, 4.69) is 9.71 Å². The van der Waals surface area contributed by atoms with Crippen molar-refractivity contribution in [3.63, 3.8) is 0 Å². The number of hydrogen-bond donors (Lipinski definition) is 2. The Morgan fingerprint density at radius 1 is 1.29 bits per heavy atom. The van der Waals surface area contributed by atoms with Crippen molar-refractivity contribution >= 4 is 20.9 Å². The van der Waals surface area contributed by atoms with E-state index in [9.17, 15) is 13.5 Å². The lowest BCUT2D eigenvalue weighted by Gasteiger charge is -2.12. The van der Waals surface area contributed by atoms with Gasteiger partial charge in [-0.2, -0.15) is 0 Å². The van der Waals surface area contributed by atoms with Gasteiger partial charge in [-0.15, -0.1) is 0 Å². The highest BCUT2D eigenvalue weighted by Crippen LogP contribution is 2.17. The van der Waals surface area contributed by atoms with Crippen molar-refractivity contribution in [3.8, 4) is 0 Å². The molecule has 2 aromatic rings. The zero-order valence-electron chi connectivity index (χ0n) is 12.0. The average molecular weight is 308 g/mol. The quantitative estimate of drug-likeness (QED) is 0.817. The van der Waals surface area contributed by atoms with Crippen LogP contribution in [-0.4, -0.2) is 31.2 Å². The summed E-state index contributed by atoms with van der Waals surface area (Å²) in [5.41, 5.74) is 1.35. The molecule has 1 aromatic heterocycles. The summed E-state index contributed by atoms with van der Waals surface area (Å²) in [6.45, 7) is 1.99. The molecule has 0 amide bonds. The summed E-state index contributed by atoms with van der Waals surface area (Å²) in [6.07, 6.45) is 2.40. The number of rotatable bonds is 7. The largest absolute Gasteiger partial charge is 0.392 e. The molecule has 0 fully saturated rings. The van der Waals surface area contributed by atoms with Crippen molar-refractivity contribution in [2.24, 2.45) is 0 Å². The molecule has 1 heterocycles. The Kier molecular flexibility index (Phi) is 5.27. The summed E-state index contributed by atoms with van der Waals surface area (Å²) in [4.78, 5) is 4.25. The average Bonchev–Trinajstić information content (AvgIpc) is 2.46. The second-order valence-electron chi connectivity index (χ2n) is 5.04. The van der Waals surface area contributed by atoms with Crippen molar-refractivity contribution in [2.75, 3.05) is 6.54 Å². The van der Waals surface area contributed by atoms with Gasteiger partial charge >= 0.3 is 0 Å². The van der Waals surface area contributed by atoms with E-state index >= 15 is 0 Å². The molecule has 114 valence electrons. The van der Waals surface area contributed by atoms with Gasteiger partial charge in [-0.3, -0.25) is 4.98 Å². The van der Waals surface area contributed by atoms with Crippen LogP contribution in [0.15, 0.2) is 36.5 Å². The van der Waals surface area contributed by atoms with Gasteiger partial charge in [0.2, 0.25) is 10.0 Å². The fourth-order valence-corrected chi connectivity index (χ4v) is 3.39. The highest BCUT2D eigenvalue weighted by Gasteiger charge is 2.15. The van der Waals surface area contributed by atoms with Crippen molar-refractivity contribution in [3.05, 3.63) is 42.1 Å². The van der Waals surface area contributed by atoms with Gasteiger partial charge in [0.1, 0.15) is 0 Å². The Balaban J connectivity index is 2.12. The van der Waals surface area contributed by atoms with Crippen LogP contribution in [0.3, 0.4) is 0 Å². The first-order chi connectivity index (χ1) is 10.0. The molecule has 1 aromatic carbocycles. The standard InChI is InChI=1S/C15H20N2O3S/c1-2-5-14(18)10-17-21(19,20)11-13-7-3-6-12-8-4-9-16-15(12)13/h3-4,6-9,14,17-18H,2,5,10-11H2,1H3. The highest BCUT2D eigenvalue weighted by molar-refractivity contribution is 7.88. The van der Waals surface area contributed by atoms with Gasteiger partial charge in [-0.25, -0.2) is 13.1 Å². The van der Waals surface area contributed by atoms with Crippen molar-refractivity contribution in [1.29, 1.82) is 0 Å². The van der Waals surface area contributed by atoms with Gasteiger partial charge in [0.15, 0.2) is 0 Å². The number of benzene rings is 1. The molecule has 0 spiro atoms. The third-order valence-electron chi connectivity index (χ3n) is 3.22. The molecule has 0 aliphatic rings. The molecule has 21 heavy (non-hydrogen) atoms. The Labute approximate surface area is 125 Å². The van der Waals surface area contributed by atoms with Gasteiger partial charge in [-0.1, -0.05) is 37.6 Å². The predicted octanol–water partition coefficient (Wildman–Crippen LogP) is 1.82. The number of para-hydroxylation sites is 1. The fourth-order valence-electron chi connectivity index (χ4n) is 2.20. The van der Waals surface area contributed by atoms with E-state index in [-0.39, 0.29) is 12.3 Å². The second kappa shape index (κ2) is 6.98. The molecule has 0 saturated carbocycles. The van der Waals surface area contributed by atoms with E-state index in [1.807, 2.05) is 31.2 Å². The first-order valence-electron chi connectivity index (χ1n) is 7.00. The molecule has 1 unspecified atom stereocenters. The SMILES string of the molecule is CCCC(O)CNS(=O)(=O)Cc1cccc2cccnc12. The third kappa shape index (κ3) is 4.49. The third-order valence-corrected chi connectivity index (χ3v) is 4.52. The normalized spacial score (nSPS) is 13.4. The summed E-state index contributed by atoms with van der Waals surface area (Å²) in [5.74, 6) is -0.139. The number of aromatic nitrogens is 1. The molecule has 0 aliphatic heterocycles. The first-order valence-corrected chi connectivity index (χ1v) is 8.65. The molecule has 0 radical (unpaired) electrons. The van der Waals surface area contributed by atoms with Crippen LogP contribution in [0.5, 0.6) is 0 Å². The van der Waals surface area contributed by atoms with E-state index in [1.165, 1.54) is 0 Å². The molecule has 2 N–H and O–H groups in total. The number of aliphatic hydroxyl groups excluding tert-OH is 1. The van der Waals surface area contributed by atoms with Crippen LogP contribution < -0.4 is 4.72 Å². The number of pyridine rings is 1. The molecule has 6 heteroatoms. The molecule has 0 bridgehead atoms. The maximum atomic E-state index is 12.1. The lowest BCUT2D eigenvalue weighted by Crippen LogP contribution is -2.33. The summed E-state index contributed by atoms with van der Waals surface area (Å²) in [5, 5.41) is 10.5. The van der Waals surface area contributed by atoms with E-state index in [0.717, 1.165) is 11.8 Å². The van der Waals surface area contributed by atoms with Gasteiger partial charge in [0.05, 0.1) is 17.4 Å². The Hall–Kier alpha value is -1.50.